The normalized spacial score (nSPS) is 15.0. The van der Waals surface area contributed by atoms with Gasteiger partial charge in [-0.05, 0) is 37.2 Å². The molecule has 0 unspecified atom stereocenters. The Labute approximate surface area is 203 Å². The Hall–Kier alpha value is -1.68. The van der Waals surface area contributed by atoms with Crippen LogP contribution in [0.1, 0.15) is 37.6 Å². The SMILES string of the molecule is CCc1nncn1CCNC(=NCCCOC)N1CCC(Cc2ccccc2)CC1.I. The molecule has 1 N–H and O–H groups in total. The first kappa shape index (κ1) is 25.6. The molecule has 2 heterocycles. The van der Waals surface area contributed by atoms with E-state index in [0.717, 1.165) is 69.9 Å². The van der Waals surface area contributed by atoms with Gasteiger partial charge in [0, 0.05) is 52.9 Å². The molecule has 0 bridgehead atoms. The van der Waals surface area contributed by atoms with Crippen molar-refractivity contribution < 1.29 is 4.74 Å². The van der Waals surface area contributed by atoms with Crippen LogP contribution in [-0.2, 0) is 24.1 Å². The molecule has 3 rings (SSSR count). The quantitative estimate of drug-likeness (QED) is 0.217. The van der Waals surface area contributed by atoms with Gasteiger partial charge in [0.25, 0.3) is 0 Å². The predicted molar refractivity (Wildman–Crippen MR) is 136 cm³/mol. The van der Waals surface area contributed by atoms with E-state index in [4.69, 9.17) is 9.73 Å². The van der Waals surface area contributed by atoms with Crippen LogP contribution in [0.2, 0.25) is 0 Å². The van der Waals surface area contributed by atoms with Crippen LogP contribution >= 0.6 is 24.0 Å². The minimum atomic E-state index is 0. The fourth-order valence-corrected chi connectivity index (χ4v) is 3.99. The Balaban J connectivity index is 0.00000341. The highest BCUT2D eigenvalue weighted by Crippen LogP contribution is 2.21. The first-order valence-electron chi connectivity index (χ1n) is 11.2. The molecule has 8 heteroatoms. The van der Waals surface area contributed by atoms with Gasteiger partial charge < -0.3 is 19.5 Å². The van der Waals surface area contributed by atoms with Crippen molar-refractivity contribution in [3.8, 4) is 0 Å². The number of nitrogens with zero attached hydrogens (tertiary/aromatic N) is 5. The number of hydrogen-bond acceptors (Lipinski definition) is 4. The zero-order valence-corrected chi connectivity index (χ0v) is 21.2. The Morgan fingerprint density at radius 2 is 2.00 bits per heavy atom. The average Bonchev–Trinajstić information content (AvgIpc) is 3.24. The molecule has 1 aromatic heterocycles. The summed E-state index contributed by atoms with van der Waals surface area (Å²) in [5, 5.41) is 11.8. The average molecular weight is 540 g/mol. The molecule has 1 aromatic carbocycles. The summed E-state index contributed by atoms with van der Waals surface area (Å²) in [7, 11) is 1.74. The van der Waals surface area contributed by atoms with Gasteiger partial charge in [-0.3, -0.25) is 4.99 Å². The lowest BCUT2D eigenvalue weighted by Crippen LogP contribution is -2.46. The van der Waals surface area contributed by atoms with E-state index in [1.165, 1.54) is 24.8 Å². The van der Waals surface area contributed by atoms with Crippen molar-refractivity contribution >= 4 is 29.9 Å². The lowest BCUT2D eigenvalue weighted by Gasteiger charge is -2.34. The summed E-state index contributed by atoms with van der Waals surface area (Å²) in [5.74, 6) is 2.80. The number of guanidine groups is 1. The van der Waals surface area contributed by atoms with E-state index in [-0.39, 0.29) is 24.0 Å². The van der Waals surface area contributed by atoms with Crippen LogP contribution in [0.4, 0.5) is 0 Å². The topological polar surface area (TPSA) is 67.6 Å². The number of hydrogen-bond donors (Lipinski definition) is 1. The second-order valence-corrected chi connectivity index (χ2v) is 7.89. The molecule has 31 heavy (non-hydrogen) atoms. The number of likely N-dealkylation sites (tertiary alicyclic amines) is 1. The molecule has 1 aliphatic rings. The maximum atomic E-state index is 5.17. The molecule has 0 atom stereocenters. The first-order chi connectivity index (χ1) is 14.8. The third kappa shape index (κ3) is 8.40. The molecule has 0 saturated carbocycles. The number of piperidine rings is 1. The summed E-state index contributed by atoms with van der Waals surface area (Å²) in [6, 6.07) is 10.9. The summed E-state index contributed by atoms with van der Waals surface area (Å²) in [5.41, 5.74) is 1.45. The Bertz CT molecular complexity index is 758. The molecular formula is C23H37IN6O. The van der Waals surface area contributed by atoms with E-state index in [1.807, 2.05) is 6.33 Å². The van der Waals surface area contributed by atoms with Gasteiger partial charge in [-0.25, -0.2) is 0 Å². The highest BCUT2D eigenvalue weighted by Gasteiger charge is 2.21. The number of halogens is 1. The lowest BCUT2D eigenvalue weighted by molar-refractivity contribution is 0.196. The van der Waals surface area contributed by atoms with E-state index in [2.05, 4.69) is 62.2 Å². The molecular weight excluding hydrogens is 503 g/mol. The van der Waals surface area contributed by atoms with Gasteiger partial charge >= 0.3 is 0 Å². The second kappa shape index (κ2) is 14.4. The largest absolute Gasteiger partial charge is 0.385 e. The molecule has 0 spiro atoms. The third-order valence-corrected chi connectivity index (χ3v) is 5.70. The molecule has 1 fully saturated rings. The van der Waals surface area contributed by atoms with E-state index in [0.29, 0.717) is 0 Å². The fraction of sp³-hybridized carbons (Fsp3) is 0.609. The highest BCUT2D eigenvalue weighted by atomic mass is 127. The van der Waals surface area contributed by atoms with E-state index in [9.17, 15) is 0 Å². The molecule has 7 nitrogen and oxygen atoms in total. The van der Waals surface area contributed by atoms with Crippen molar-refractivity contribution in [2.75, 3.05) is 39.9 Å². The van der Waals surface area contributed by atoms with Crippen LogP contribution in [0.25, 0.3) is 0 Å². The van der Waals surface area contributed by atoms with E-state index >= 15 is 0 Å². The first-order valence-corrected chi connectivity index (χ1v) is 11.2. The van der Waals surface area contributed by atoms with Crippen molar-refractivity contribution in [2.45, 2.75) is 45.6 Å². The van der Waals surface area contributed by atoms with Crippen molar-refractivity contribution in [1.82, 2.24) is 25.0 Å². The lowest BCUT2D eigenvalue weighted by atomic mass is 9.90. The number of aryl methyl sites for hydroxylation is 1. The molecule has 172 valence electrons. The molecule has 0 aliphatic carbocycles. The Morgan fingerprint density at radius 3 is 2.71 bits per heavy atom. The molecule has 0 amide bonds. The fourth-order valence-electron chi connectivity index (χ4n) is 3.99. The van der Waals surface area contributed by atoms with Crippen LogP contribution in [0.3, 0.4) is 0 Å². The number of methoxy groups -OCH3 is 1. The van der Waals surface area contributed by atoms with Gasteiger partial charge in [-0.15, -0.1) is 34.2 Å². The molecule has 2 aromatic rings. The van der Waals surface area contributed by atoms with Crippen molar-refractivity contribution in [1.29, 1.82) is 0 Å². The van der Waals surface area contributed by atoms with Gasteiger partial charge in [0.15, 0.2) is 5.96 Å². The van der Waals surface area contributed by atoms with E-state index < -0.39 is 0 Å². The van der Waals surface area contributed by atoms with Gasteiger partial charge in [0.05, 0.1) is 0 Å². The maximum absolute atomic E-state index is 5.17. The molecule has 0 radical (unpaired) electrons. The number of benzene rings is 1. The smallest absolute Gasteiger partial charge is 0.193 e. The van der Waals surface area contributed by atoms with E-state index in [1.54, 1.807) is 7.11 Å². The van der Waals surface area contributed by atoms with Crippen LogP contribution in [0.5, 0.6) is 0 Å². The van der Waals surface area contributed by atoms with Gasteiger partial charge in [-0.1, -0.05) is 37.3 Å². The van der Waals surface area contributed by atoms with Gasteiger partial charge in [0.2, 0.25) is 0 Å². The zero-order valence-electron chi connectivity index (χ0n) is 18.9. The summed E-state index contributed by atoms with van der Waals surface area (Å²) in [6.07, 6.45) is 7.24. The van der Waals surface area contributed by atoms with Crippen molar-refractivity contribution in [3.05, 3.63) is 48.0 Å². The predicted octanol–water partition coefficient (Wildman–Crippen LogP) is 3.40. The number of aromatic nitrogens is 3. The molecule has 1 aliphatic heterocycles. The van der Waals surface area contributed by atoms with Gasteiger partial charge in [0.1, 0.15) is 12.2 Å². The summed E-state index contributed by atoms with van der Waals surface area (Å²) in [6.45, 7) is 7.41. The third-order valence-electron chi connectivity index (χ3n) is 5.70. The Kier molecular flexibility index (Phi) is 11.9. The summed E-state index contributed by atoms with van der Waals surface area (Å²) in [4.78, 5) is 7.28. The monoisotopic (exact) mass is 540 g/mol. The number of ether oxygens (including phenoxy) is 1. The van der Waals surface area contributed by atoms with Crippen molar-refractivity contribution in [3.63, 3.8) is 0 Å². The Morgan fingerprint density at radius 1 is 1.23 bits per heavy atom. The molecule has 1 saturated heterocycles. The zero-order chi connectivity index (χ0) is 21.0. The van der Waals surface area contributed by atoms with Crippen LogP contribution < -0.4 is 5.32 Å². The number of rotatable bonds is 10. The highest BCUT2D eigenvalue weighted by molar-refractivity contribution is 14.0. The van der Waals surface area contributed by atoms with Crippen LogP contribution in [0.15, 0.2) is 41.7 Å². The van der Waals surface area contributed by atoms with Gasteiger partial charge in [-0.2, -0.15) is 0 Å². The maximum Gasteiger partial charge on any atom is 0.193 e. The minimum Gasteiger partial charge on any atom is -0.385 e. The standard InChI is InChI=1S/C23H36N6O.HI/c1-3-22-27-26-19-29(22)16-13-25-23(24-12-7-17-30-2)28-14-10-21(11-15-28)18-20-8-5-4-6-9-20;/h4-6,8-9,19,21H,3,7,10-18H2,1-2H3,(H,24,25);1H. The van der Waals surface area contributed by atoms with Crippen molar-refractivity contribution in [2.24, 2.45) is 10.9 Å². The number of aliphatic imine (C=N–C) groups is 1. The summed E-state index contributed by atoms with van der Waals surface area (Å²) < 4.78 is 7.29. The number of nitrogens with one attached hydrogen (secondary N) is 1. The summed E-state index contributed by atoms with van der Waals surface area (Å²) >= 11 is 0. The second-order valence-electron chi connectivity index (χ2n) is 7.89. The van der Waals surface area contributed by atoms with Crippen LogP contribution in [-0.4, -0.2) is 65.5 Å². The minimum absolute atomic E-state index is 0. The van der Waals surface area contributed by atoms with Crippen LogP contribution in [0, 0.1) is 5.92 Å².